The van der Waals surface area contributed by atoms with Crippen LogP contribution in [0.1, 0.15) is 25.3 Å². The van der Waals surface area contributed by atoms with Gasteiger partial charge < -0.3 is 10.1 Å². The van der Waals surface area contributed by atoms with Crippen LogP contribution in [0.2, 0.25) is 0 Å². The fraction of sp³-hybridized carbons (Fsp3) is 0.600. The zero-order valence-electron chi connectivity index (χ0n) is 11.3. The number of hydrogen-bond acceptors (Lipinski definition) is 2. The predicted octanol–water partition coefficient (Wildman–Crippen LogP) is 3.54. The summed E-state index contributed by atoms with van der Waals surface area (Å²) in [6, 6.07) is 5.72. The molecule has 4 heteroatoms. The number of rotatable bonds is 6. The molecular weight excluding hydrogens is 309 g/mol. The Hall–Kier alpha value is -0.450. The van der Waals surface area contributed by atoms with Crippen LogP contribution < -0.4 is 5.32 Å². The minimum atomic E-state index is -0.201. The summed E-state index contributed by atoms with van der Waals surface area (Å²) in [6.45, 7) is 4.86. The first-order chi connectivity index (χ1) is 9.19. The highest BCUT2D eigenvalue weighted by molar-refractivity contribution is 9.10. The molecule has 1 saturated heterocycles. The number of benzene rings is 1. The quantitative estimate of drug-likeness (QED) is 0.861. The van der Waals surface area contributed by atoms with Gasteiger partial charge >= 0.3 is 0 Å². The minimum absolute atomic E-state index is 0.201. The maximum Gasteiger partial charge on any atom is 0.137 e. The van der Waals surface area contributed by atoms with Crippen LogP contribution in [-0.4, -0.2) is 25.8 Å². The normalized spacial score (nSPS) is 20.7. The summed E-state index contributed by atoms with van der Waals surface area (Å²) >= 11 is 3.25. The third-order valence-electron chi connectivity index (χ3n) is 3.60. The first kappa shape index (κ1) is 14.9. The van der Waals surface area contributed by atoms with E-state index >= 15 is 0 Å². The van der Waals surface area contributed by atoms with Crippen LogP contribution in [0.4, 0.5) is 4.39 Å². The second-order valence-corrected chi connectivity index (χ2v) is 6.03. The van der Waals surface area contributed by atoms with Gasteiger partial charge in [-0.2, -0.15) is 0 Å². The van der Waals surface area contributed by atoms with E-state index in [1.54, 1.807) is 0 Å². The zero-order valence-corrected chi connectivity index (χ0v) is 12.9. The van der Waals surface area contributed by atoms with E-state index in [1.807, 2.05) is 12.1 Å². The molecule has 19 heavy (non-hydrogen) atoms. The SMILES string of the molecule is CCNC(Cc1ccc(F)c(Br)c1)CC1CCOC1. The van der Waals surface area contributed by atoms with Gasteiger partial charge in [0.2, 0.25) is 0 Å². The lowest BCUT2D eigenvalue weighted by Crippen LogP contribution is -2.33. The maximum absolute atomic E-state index is 13.2. The Morgan fingerprint density at radius 3 is 3.00 bits per heavy atom. The number of hydrogen-bond donors (Lipinski definition) is 1. The summed E-state index contributed by atoms with van der Waals surface area (Å²) in [4.78, 5) is 0. The average Bonchev–Trinajstić information content (AvgIpc) is 2.87. The second kappa shape index (κ2) is 7.36. The molecule has 0 bridgehead atoms. The standard InChI is InChI=1S/C15H21BrFNO/c1-2-18-13(8-12-5-6-19-10-12)7-11-3-4-15(17)14(16)9-11/h3-4,9,12-13,18H,2,5-8,10H2,1H3. The summed E-state index contributed by atoms with van der Waals surface area (Å²) in [5.41, 5.74) is 1.16. The topological polar surface area (TPSA) is 21.3 Å². The molecule has 1 N–H and O–H groups in total. The predicted molar refractivity (Wildman–Crippen MR) is 78.8 cm³/mol. The van der Waals surface area contributed by atoms with E-state index in [0.717, 1.165) is 44.6 Å². The monoisotopic (exact) mass is 329 g/mol. The van der Waals surface area contributed by atoms with Crippen LogP contribution in [0.5, 0.6) is 0 Å². The van der Waals surface area contributed by atoms with Crippen molar-refractivity contribution in [1.29, 1.82) is 0 Å². The summed E-state index contributed by atoms with van der Waals surface area (Å²) in [5.74, 6) is 0.459. The number of nitrogens with one attached hydrogen (secondary N) is 1. The van der Waals surface area contributed by atoms with Gasteiger partial charge in [-0.1, -0.05) is 13.0 Å². The summed E-state index contributed by atoms with van der Waals surface area (Å²) < 4.78 is 19.2. The largest absolute Gasteiger partial charge is 0.381 e. The van der Waals surface area contributed by atoms with Crippen molar-refractivity contribution in [2.45, 2.75) is 32.2 Å². The van der Waals surface area contributed by atoms with Crippen molar-refractivity contribution >= 4 is 15.9 Å². The Morgan fingerprint density at radius 2 is 2.37 bits per heavy atom. The van der Waals surface area contributed by atoms with E-state index in [1.165, 1.54) is 6.07 Å². The molecule has 0 radical (unpaired) electrons. The highest BCUT2D eigenvalue weighted by Gasteiger charge is 2.20. The van der Waals surface area contributed by atoms with E-state index < -0.39 is 0 Å². The molecular formula is C15H21BrFNO. The molecule has 1 aromatic rings. The van der Waals surface area contributed by atoms with Gasteiger partial charge in [-0.15, -0.1) is 0 Å². The lowest BCUT2D eigenvalue weighted by atomic mass is 9.94. The van der Waals surface area contributed by atoms with Crippen molar-refractivity contribution < 1.29 is 9.13 Å². The van der Waals surface area contributed by atoms with Crippen LogP contribution in [0, 0.1) is 11.7 Å². The van der Waals surface area contributed by atoms with E-state index in [-0.39, 0.29) is 5.82 Å². The molecule has 2 nitrogen and oxygen atoms in total. The van der Waals surface area contributed by atoms with E-state index in [2.05, 4.69) is 28.2 Å². The molecule has 2 atom stereocenters. The molecule has 0 saturated carbocycles. The van der Waals surface area contributed by atoms with Gasteiger partial charge in [-0.3, -0.25) is 0 Å². The van der Waals surface area contributed by atoms with Crippen molar-refractivity contribution in [2.24, 2.45) is 5.92 Å². The van der Waals surface area contributed by atoms with Gasteiger partial charge in [0.1, 0.15) is 5.82 Å². The third-order valence-corrected chi connectivity index (χ3v) is 4.21. The molecule has 1 aromatic carbocycles. The summed E-state index contributed by atoms with van der Waals surface area (Å²) in [7, 11) is 0. The lowest BCUT2D eigenvalue weighted by Gasteiger charge is -2.21. The molecule has 2 rings (SSSR count). The van der Waals surface area contributed by atoms with E-state index in [4.69, 9.17) is 4.74 Å². The van der Waals surface area contributed by atoms with Gasteiger partial charge in [-0.25, -0.2) is 4.39 Å². The number of halogens is 2. The smallest absolute Gasteiger partial charge is 0.137 e. The molecule has 0 aromatic heterocycles. The van der Waals surface area contributed by atoms with Gasteiger partial charge in [-0.05, 0) is 65.4 Å². The van der Waals surface area contributed by atoms with Crippen molar-refractivity contribution in [3.8, 4) is 0 Å². The zero-order chi connectivity index (χ0) is 13.7. The molecule has 1 aliphatic heterocycles. The molecule has 1 fully saturated rings. The van der Waals surface area contributed by atoms with Crippen LogP contribution in [0.3, 0.4) is 0 Å². The number of ether oxygens (including phenoxy) is 1. The van der Waals surface area contributed by atoms with Crippen molar-refractivity contribution in [3.63, 3.8) is 0 Å². The Labute approximate surface area is 122 Å². The molecule has 0 spiro atoms. The van der Waals surface area contributed by atoms with Crippen molar-refractivity contribution in [2.75, 3.05) is 19.8 Å². The van der Waals surface area contributed by atoms with Gasteiger partial charge in [0.25, 0.3) is 0 Å². The molecule has 106 valence electrons. The lowest BCUT2D eigenvalue weighted by molar-refractivity contribution is 0.181. The van der Waals surface area contributed by atoms with Crippen LogP contribution in [0.25, 0.3) is 0 Å². The van der Waals surface area contributed by atoms with Crippen LogP contribution >= 0.6 is 15.9 Å². The maximum atomic E-state index is 13.2. The van der Waals surface area contributed by atoms with Crippen molar-refractivity contribution in [3.05, 3.63) is 34.1 Å². The van der Waals surface area contributed by atoms with Crippen LogP contribution in [0.15, 0.2) is 22.7 Å². The Morgan fingerprint density at radius 1 is 1.53 bits per heavy atom. The Bertz CT molecular complexity index is 407. The Balaban J connectivity index is 1.96. The van der Waals surface area contributed by atoms with Gasteiger partial charge in [0.15, 0.2) is 0 Å². The third kappa shape index (κ3) is 4.55. The highest BCUT2D eigenvalue weighted by atomic mass is 79.9. The highest BCUT2D eigenvalue weighted by Crippen LogP contribution is 2.22. The molecule has 0 aliphatic carbocycles. The van der Waals surface area contributed by atoms with E-state index in [0.29, 0.717) is 16.4 Å². The van der Waals surface area contributed by atoms with Gasteiger partial charge in [0.05, 0.1) is 4.47 Å². The second-order valence-electron chi connectivity index (χ2n) is 5.17. The number of likely N-dealkylation sites (N-methyl/N-ethyl adjacent to an activating group) is 1. The molecule has 1 aliphatic rings. The molecule has 0 amide bonds. The summed E-state index contributed by atoms with van der Waals surface area (Å²) in [5, 5.41) is 3.53. The van der Waals surface area contributed by atoms with Crippen molar-refractivity contribution in [1.82, 2.24) is 5.32 Å². The van der Waals surface area contributed by atoms with E-state index in [9.17, 15) is 4.39 Å². The first-order valence-electron chi connectivity index (χ1n) is 6.94. The average molecular weight is 330 g/mol. The fourth-order valence-corrected chi connectivity index (χ4v) is 3.08. The Kier molecular flexibility index (Phi) is 5.79. The van der Waals surface area contributed by atoms with Gasteiger partial charge in [0, 0.05) is 19.3 Å². The summed E-state index contributed by atoms with van der Waals surface area (Å²) in [6.07, 6.45) is 3.22. The fourth-order valence-electron chi connectivity index (χ4n) is 2.65. The molecule has 2 unspecified atom stereocenters. The molecule has 1 heterocycles. The first-order valence-corrected chi connectivity index (χ1v) is 7.73. The minimum Gasteiger partial charge on any atom is -0.381 e. The van der Waals surface area contributed by atoms with Crippen LogP contribution in [-0.2, 0) is 11.2 Å².